The van der Waals surface area contributed by atoms with Crippen LogP contribution in [0.4, 0.5) is 0 Å². The predicted molar refractivity (Wildman–Crippen MR) is 55.2 cm³/mol. The van der Waals surface area contributed by atoms with Crippen LogP contribution in [-0.4, -0.2) is 0 Å². The molecular formula is C11H12OS. The van der Waals surface area contributed by atoms with E-state index in [-0.39, 0.29) is 0 Å². The molecule has 13 heavy (non-hydrogen) atoms. The fourth-order valence-corrected chi connectivity index (χ4v) is 2.03. The van der Waals surface area contributed by atoms with Gasteiger partial charge in [-0.2, -0.15) is 0 Å². The summed E-state index contributed by atoms with van der Waals surface area (Å²) in [6, 6.07) is 8.33. The average Bonchev–Trinajstić information content (AvgIpc) is 2.71. The molecule has 0 saturated carbocycles. The van der Waals surface area contributed by atoms with Gasteiger partial charge in [0.1, 0.15) is 11.5 Å². The minimum atomic E-state index is 1.00. The van der Waals surface area contributed by atoms with Gasteiger partial charge >= 0.3 is 0 Å². The summed E-state index contributed by atoms with van der Waals surface area (Å²) in [6.07, 6.45) is 2.10. The van der Waals surface area contributed by atoms with E-state index in [2.05, 4.69) is 23.6 Å². The molecular weight excluding hydrogens is 180 g/mol. The van der Waals surface area contributed by atoms with E-state index in [0.717, 1.165) is 24.4 Å². The van der Waals surface area contributed by atoms with Crippen LogP contribution in [0.3, 0.4) is 0 Å². The molecule has 2 aromatic heterocycles. The van der Waals surface area contributed by atoms with Crippen molar-refractivity contribution in [3.63, 3.8) is 0 Å². The Morgan fingerprint density at radius 2 is 2.15 bits per heavy atom. The number of aryl methyl sites for hydroxylation is 3. The molecule has 0 aliphatic heterocycles. The molecule has 68 valence electrons. The van der Waals surface area contributed by atoms with Crippen LogP contribution in [-0.2, 0) is 12.8 Å². The third-order valence-electron chi connectivity index (χ3n) is 1.99. The first-order chi connectivity index (χ1) is 6.34. The van der Waals surface area contributed by atoms with Crippen LogP contribution in [0.5, 0.6) is 0 Å². The zero-order valence-corrected chi connectivity index (χ0v) is 8.43. The van der Waals surface area contributed by atoms with Crippen molar-refractivity contribution in [3.8, 4) is 0 Å². The van der Waals surface area contributed by atoms with E-state index in [1.165, 1.54) is 4.88 Å². The quantitative estimate of drug-likeness (QED) is 0.726. The maximum atomic E-state index is 5.49. The first-order valence-electron chi connectivity index (χ1n) is 4.42. The van der Waals surface area contributed by atoms with Crippen molar-refractivity contribution in [1.29, 1.82) is 0 Å². The second-order valence-corrected chi connectivity index (χ2v) is 4.12. The zero-order chi connectivity index (χ0) is 9.10. The summed E-state index contributed by atoms with van der Waals surface area (Å²) in [5.41, 5.74) is 0. The highest BCUT2D eigenvalue weighted by molar-refractivity contribution is 7.09. The molecule has 0 aliphatic rings. The van der Waals surface area contributed by atoms with Gasteiger partial charge in [0.25, 0.3) is 0 Å². The fourth-order valence-electron chi connectivity index (χ4n) is 1.32. The van der Waals surface area contributed by atoms with Crippen LogP contribution in [0, 0.1) is 6.92 Å². The summed E-state index contributed by atoms with van der Waals surface area (Å²) in [4.78, 5) is 1.43. The number of hydrogen-bond donors (Lipinski definition) is 0. The van der Waals surface area contributed by atoms with E-state index in [9.17, 15) is 0 Å². The van der Waals surface area contributed by atoms with Gasteiger partial charge in [-0.3, -0.25) is 0 Å². The minimum absolute atomic E-state index is 1.00. The molecule has 0 radical (unpaired) electrons. The Hall–Kier alpha value is -1.02. The number of hydrogen-bond acceptors (Lipinski definition) is 2. The Labute approximate surface area is 82.0 Å². The molecule has 0 atom stereocenters. The predicted octanol–water partition coefficient (Wildman–Crippen LogP) is 3.43. The van der Waals surface area contributed by atoms with Crippen molar-refractivity contribution in [3.05, 3.63) is 46.0 Å². The van der Waals surface area contributed by atoms with E-state index < -0.39 is 0 Å². The van der Waals surface area contributed by atoms with Gasteiger partial charge in [-0.05, 0) is 36.9 Å². The highest BCUT2D eigenvalue weighted by Gasteiger charge is 1.99. The van der Waals surface area contributed by atoms with Gasteiger partial charge in [-0.25, -0.2) is 0 Å². The maximum Gasteiger partial charge on any atom is 0.104 e. The lowest BCUT2D eigenvalue weighted by atomic mass is 10.2. The van der Waals surface area contributed by atoms with Crippen molar-refractivity contribution in [1.82, 2.24) is 0 Å². The van der Waals surface area contributed by atoms with Crippen molar-refractivity contribution in [2.45, 2.75) is 19.8 Å². The number of furan rings is 1. The van der Waals surface area contributed by atoms with Crippen LogP contribution >= 0.6 is 11.3 Å². The fraction of sp³-hybridized carbons (Fsp3) is 0.273. The highest BCUT2D eigenvalue weighted by atomic mass is 32.1. The lowest BCUT2D eigenvalue weighted by Crippen LogP contribution is -1.85. The zero-order valence-electron chi connectivity index (χ0n) is 7.62. The Morgan fingerprint density at radius 1 is 1.23 bits per heavy atom. The Bertz CT molecular complexity index is 359. The Morgan fingerprint density at radius 3 is 2.77 bits per heavy atom. The topological polar surface area (TPSA) is 13.1 Å². The van der Waals surface area contributed by atoms with Gasteiger partial charge in [0.05, 0.1) is 0 Å². The summed E-state index contributed by atoms with van der Waals surface area (Å²) in [5.74, 6) is 2.09. The van der Waals surface area contributed by atoms with Gasteiger partial charge in [0.2, 0.25) is 0 Å². The van der Waals surface area contributed by atoms with E-state index in [1.54, 1.807) is 0 Å². The third kappa shape index (κ3) is 2.22. The molecule has 0 amide bonds. The van der Waals surface area contributed by atoms with Crippen LogP contribution in [0.2, 0.25) is 0 Å². The first-order valence-corrected chi connectivity index (χ1v) is 5.30. The molecule has 0 saturated heterocycles. The second kappa shape index (κ2) is 3.79. The van der Waals surface area contributed by atoms with Gasteiger partial charge < -0.3 is 4.42 Å². The molecule has 2 rings (SSSR count). The Kier molecular flexibility index (Phi) is 2.50. The number of rotatable bonds is 3. The summed E-state index contributed by atoms with van der Waals surface area (Å²) in [7, 11) is 0. The first kappa shape index (κ1) is 8.57. The molecule has 2 aromatic rings. The molecule has 0 aromatic carbocycles. The lowest BCUT2D eigenvalue weighted by Gasteiger charge is -1.93. The summed E-state index contributed by atoms with van der Waals surface area (Å²) < 4.78 is 5.49. The van der Waals surface area contributed by atoms with Crippen LogP contribution in [0.15, 0.2) is 34.1 Å². The largest absolute Gasteiger partial charge is 0.466 e. The Balaban J connectivity index is 1.93. The molecule has 0 aliphatic carbocycles. The van der Waals surface area contributed by atoms with Gasteiger partial charge in [-0.1, -0.05) is 6.07 Å². The van der Waals surface area contributed by atoms with Crippen molar-refractivity contribution >= 4 is 11.3 Å². The molecule has 0 bridgehead atoms. The normalized spacial score (nSPS) is 10.5. The van der Waals surface area contributed by atoms with E-state index in [4.69, 9.17) is 4.42 Å². The van der Waals surface area contributed by atoms with E-state index >= 15 is 0 Å². The van der Waals surface area contributed by atoms with E-state index in [1.807, 2.05) is 24.3 Å². The summed E-state index contributed by atoms with van der Waals surface area (Å²) >= 11 is 1.81. The maximum absolute atomic E-state index is 5.49. The van der Waals surface area contributed by atoms with Gasteiger partial charge in [-0.15, -0.1) is 11.3 Å². The second-order valence-electron chi connectivity index (χ2n) is 3.09. The number of thiophene rings is 1. The van der Waals surface area contributed by atoms with Gasteiger partial charge in [0.15, 0.2) is 0 Å². The molecule has 0 spiro atoms. The van der Waals surface area contributed by atoms with Gasteiger partial charge in [0, 0.05) is 11.3 Å². The molecule has 2 heterocycles. The molecule has 0 fully saturated rings. The third-order valence-corrected chi connectivity index (χ3v) is 2.93. The van der Waals surface area contributed by atoms with Crippen molar-refractivity contribution in [2.75, 3.05) is 0 Å². The molecule has 2 heteroatoms. The molecule has 0 unspecified atom stereocenters. The SMILES string of the molecule is Cc1ccc(CCc2cccs2)o1. The smallest absolute Gasteiger partial charge is 0.104 e. The summed E-state index contributed by atoms with van der Waals surface area (Å²) in [5, 5.41) is 2.11. The van der Waals surface area contributed by atoms with Crippen molar-refractivity contribution < 1.29 is 4.42 Å². The van der Waals surface area contributed by atoms with Crippen LogP contribution in [0.25, 0.3) is 0 Å². The van der Waals surface area contributed by atoms with Crippen molar-refractivity contribution in [2.24, 2.45) is 0 Å². The lowest BCUT2D eigenvalue weighted by molar-refractivity contribution is 0.483. The summed E-state index contributed by atoms with van der Waals surface area (Å²) in [6.45, 7) is 1.98. The minimum Gasteiger partial charge on any atom is -0.466 e. The molecule has 0 N–H and O–H groups in total. The highest BCUT2D eigenvalue weighted by Crippen LogP contribution is 2.14. The van der Waals surface area contributed by atoms with E-state index in [0.29, 0.717) is 0 Å². The monoisotopic (exact) mass is 192 g/mol. The standard InChI is InChI=1S/C11H12OS/c1-9-4-5-10(12-9)6-7-11-3-2-8-13-11/h2-5,8H,6-7H2,1H3. The molecule has 1 nitrogen and oxygen atoms in total. The van der Waals surface area contributed by atoms with Crippen LogP contribution < -0.4 is 0 Å². The van der Waals surface area contributed by atoms with Crippen LogP contribution in [0.1, 0.15) is 16.4 Å². The average molecular weight is 192 g/mol.